The van der Waals surface area contributed by atoms with Gasteiger partial charge in [0.15, 0.2) is 0 Å². The van der Waals surface area contributed by atoms with Gasteiger partial charge in [0.1, 0.15) is 8.07 Å². The lowest BCUT2D eigenvalue weighted by Crippen LogP contribution is -2.83. The Labute approximate surface area is 407 Å². The van der Waals surface area contributed by atoms with E-state index in [1.165, 1.54) is 26.5 Å². The Hall–Kier alpha value is -8.26. The monoisotopic (exact) mass is 893 g/mol. The molecule has 8 aromatic carbocycles. The van der Waals surface area contributed by atoms with E-state index < -0.39 is 21.8 Å². The van der Waals surface area contributed by atoms with Crippen molar-refractivity contribution in [3.63, 3.8) is 0 Å². The van der Waals surface area contributed by atoms with Gasteiger partial charge in [0.2, 0.25) is 0 Å². The fourth-order valence-corrected chi connectivity index (χ4v) is 15.6. The molecule has 7 heteroatoms. The van der Waals surface area contributed by atoms with Gasteiger partial charge in [-0.05, 0) is 131 Å². The smallest absolute Gasteiger partial charge is 0.251 e. The van der Waals surface area contributed by atoms with E-state index in [1.807, 2.05) is 48.5 Å². The van der Waals surface area contributed by atoms with Crippen molar-refractivity contribution in [1.29, 1.82) is 0 Å². The molecule has 3 aliphatic rings. The van der Waals surface area contributed by atoms with Crippen molar-refractivity contribution in [3.05, 3.63) is 236 Å². The fourth-order valence-electron chi connectivity index (χ4n) is 11.3. The van der Waals surface area contributed by atoms with E-state index in [9.17, 15) is 0 Å². The predicted molar refractivity (Wildman–Crippen MR) is 288 cm³/mol. The average molecular weight is 894 g/mol. The Balaban J connectivity index is 1.19. The quantitative estimate of drug-likeness (QED) is 0.142. The number of hydrogen-bond acceptors (Lipinski definition) is 5. The van der Waals surface area contributed by atoms with Gasteiger partial charge in [-0.1, -0.05) is 144 Å². The van der Waals surface area contributed by atoms with E-state index in [4.69, 9.17) is 18.2 Å². The Morgan fingerprint density at radius 2 is 0.868 bits per heavy atom. The zero-order chi connectivity index (χ0) is 50.5. The Bertz CT molecular complexity index is 3610. The molecule has 0 aliphatic carbocycles. The lowest BCUT2D eigenvalue weighted by Gasteiger charge is -2.51. The maximum atomic E-state index is 8.41. The van der Waals surface area contributed by atoms with Crippen molar-refractivity contribution in [2.24, 2.45) is 0 Å². The molecular weight excluding hydrogens is 842 g/mol. The third kappa shape index (κ3) is 6.02. The first kappa shape index (κ1) is 34.1. The minimum atomic E-state index is -2.83. The molecule has 0 saturated carbocycles. The Kier molecular flexibility index (Phi) is 7.87. The molecule has 0 N–H and O–H groups in total. The first-order valence-corrected chi connectivity index (χ1v) is 25.5. The van der Waals surface area contributed by atoms with Crippen LogP contribution in [0.3, 0.4) is 0 Å². The van der Waals surface area contributed by atoms with E-state index in [0.717, 1.165) is 67.8 Å². The van der Waals surface area contributed by atoms with E-state index in [1.54, 1.807) is 36.7 Å². The van der Waals surface area contributed by atoms with Gasteiger partial charge in [0.25, 0.3) is 6.71 Å². The third-order valence-corrected chi connectivity index (χ3v) is 18.7. The minimum absolute atomic E-state index is 0.196. The Morgan fingerprint density at radius 1 is 0.426 bits per heavy atom. The summed E-state index contributed by atoms with van der Waals surface area (Å²) in [5.74, 6) is 0. The lowest BCUT2D eigenvalue weighted by atomic mass is 9.33. The summed E-state index contributed by atoms with van der Waals surface area (Å²) in [6.07, 6.45) is 3.19. The summed E-state index contributed by atoms with van der Waals surface area (Å²) >= 11 is 0. The molecule has 5 heterocycles. The number of anilines is 9. The van der Waals surface area contributed by atoms with Crippen LogP contribution in [-0.4, -0.2) is 24.8 Å². The molecule has 5 nitrogen and oxygen atoms in total. The lowest BCUT2D eigenvalue weighted by molar-refractivity contribution is 1.22. The zero-order valence-electron chi connectivity index (χ0n) is 43.2. The van der Waals surface area contributed by atoms with Crippen LogP contribution in [0, 0.1) is 13.7 Å². The van der Waals surface area contributed by atoms with E-state index in [-0.39, 0.29) is 17.8 Å². The summed E-state index contributed by atoms with van der Waals surface area (Å²) < 4.78 is 50.5. The molecule has 0 saturated heterocycles. The molecule has 0 radical (unpaired) electrons. The van der Waals surface area contributed by atoms with Crippen molar-refractivity contribution in [2.75, 3.05) is 14.7 Å². The van der Waals surface area contributed by atoms with Gasteiger partial charge in [0, 0.05) is 65.9 Å². The van der Waals surface area contributed by atoms with Gasteiger partial charge in [-0.15, -0.1) is 0 Å². The number of aromatic nitrogens is 2. The highest BCUT2D eigenvalue weighted by molar-refractivity contribution is 7.21. The molecular formula is C61H46BN5Si. The molecule has 0 bridgehead atoms. The van der Waals surface area contributed by atoms with E-state index in [0.29, 0.717) is 11.4 Å². The number of pyridine rings is 2. The minimum Gasteiger partial charge on any atom is -0.311 e. The standard InChI is InChI=1S/C61H46BN5Si/c1-41-33-35-63-49(37-41)47-25-13-15-27-51(47)66-53-29-17-31-57-60(53)62-59-55(66)39-45(65(43-19-7-4-8-20-43)44-21-9-5-10-22-44)40-56(59)67(52-28-16-14-26-48(52)50-38-42(2)34-36-64-50)54-30-18-32-58(61(54)62)68(57,3)46-23-11-6-12-24-46/h4-40H,1-3H3/i1D3,2D3. The molecule has 0 unspecified atom stereocenters. The molecule has 0 atom stereocenters. The third-order valence-electron chi connectivity index (χ3n) is 14.2. The summed E-state index contributed by atoms with van der Waals surface area (Å²) in [4.78, 5) is 16.9. The normalized spacial score (nSPS) is 15.2. The maximum absolute atomic E-state index is 8.41. The van der Waals surface area contributed by atoms with Crippen LogP contribution in [0.1, 0.15) is 19.4 Å². The predicted octanol–water partition coefficient (Wildman–Crippen LogP) is 11.4. The molecule has 13 rings (SSSR count). The molecule has 2 aromatic heterocycles. The van der Waals surface area contributed by atoms with Crippen LogP contribution in [0.25, 0.3) is 22.5 Å². The fraction of sp³-hybridized carbons (Fsp3) is 0.0492. The first-order valence-electron chi connectivity index (χ1n) is 26.0. The summed E-state index contributed by atoms with van der Waals surface area (Å²) in [7, 11) is -2.83. The second kappa shape index (κ2) is 15.7. The summed E-state index contributed by atoms with van der Waals surface area (Å²) in [5.41, 5.74) is 15.3. The molecule has 0 fully saturated rings. The highest BCUT2D eigenvalue weighted by atomic mass is 28.3. The SMILES string of the molecule is [2H]C([2H])([2H])c1ccnc(-c2ccccc2N2c3cc(N(c4ccccc4)c4ccccc4)cc4c3B3c5c2cccc5[Si](C)(c2ccccc2)c2cccc(c23)N4c2ccccc2-c2cc(C([2H])([2H])[2H])ccn2)c1. The van der Waals surface area contributed by atoms with E-state index >= 15 is 0 Å². The van der Waals surface area contributed by atoms with Gasteiger partial charge in [-0.25, -0.2) is 0 Å². The number of rotatable bonds is 8. The van der Waals surface area contributed by atoms with Gasteiger partial charge in [-0.2, -0.15) is 0 Å². The summed E-state index contributed by atoms with van der Waals surface area (Å²) in [6, 6.07) is 73.0. The molecule has 10 aromatic rings. The highest BCUT2D eigenvalue weighted by Gasteiger charge is 2.54. The molecule has 322 valence electrons. The van der Waals surface area contributed by atoms with Crippen LogP contribution >= 0.6 is 0 Å². The van der Waals surface area contributed by atoms with Crippen LogP contribution in [0.4, 0.5) is 51.2 Å². The van der Waals surface area contributed by atoms with Gasteiger partial charge < -0.3 is 14.7 Å². The number of benzene rings is 8. The second-order valence-corrected chi connectivity index (χ2v) is 21.8. The first-order chi connectivity index (χ1) is 35.9. The van der Waals surface area contributed by atoms with Gasteiger partial charge >= 0.3 is 0 Å². The summed E-state index contributed by atoms with van der Waals surface area (Å²) in [5, 5.41) is 3.95. The average Bonchev–Trinajstić information content (AvgIpc) is 3.47. The number of hydrogen-bond donors (Lipinski definition) is 0. The van der Waals surface area contributed by atoms with Crippen molar-refractivity contribution >= 4 is 97.9 Å². The van der Waals surface area contributed by atoms with Gasteiger partial charge in [0.05, 0.1) is 28.5 Å². The van der Waals surface area contributed by atoms with E-state index in [2.05, 4.69) is 161 Å². The van der Waals surface area contributed by atoms with Gasteiger partial charge in [-0.3, -0.25) is 9.97 Å². The number of aryl methyl sites for hydroxylation is 2. The van der Waals surface area contributed by atoms with Crippen LogP contribution in [0.5, 0.6) is 0 Å². The van der Waals surface area contributed by atoms with Crippen molar-refractivity contribution in [2.45, 2.75) is 20.3 Å². The second-order valence-electron chi connectivity index (χ2n) is 17.9. The summed E-state index contributed by atoms with van der Waals surface area (Å²) in [6.45, 7) is -2.38. The van der Waals surface area contributed by atoms with Crippen molar-refractivity contribution < 1.29 is 8.22 Å². The van der Waals surface area contributed by atoms with Crippen LogP contribution in [0.15, 0.2) is 225 Å². The van der Waals surface area contributed by atoms with Crippen LogP contribution in [0.2, 0.25) is 6.55 Å². The van der Waals surface area contributed by atoms with Crippen LogP contribution in [-0.2, 0) is 0 Å². The number of nitrogens with zero attached hydrogens (tertiary/aromatic N) is 5. The molecule has 0 amide bonds. The molecule has 68 heavy (non-hydrogen) atoms. The maximum Gasteiger partial charge on any atom is 0.251 e. The molecule has 3 aliphatic heterocycles. The molecule has 0 spiro atoms. The van der Waals surface area contributed by atoms with Crippen molar-refractivity contribution in [3.8, 4) is 22.5 Å². The topological polar surface area (TPSA) is 35.5 Å². The number of para-hydroxylation sites is 4. The largest absolute Gasteiger partial charge is 0.311 e. The Morgan fingerprint density at radius 3 is 1.35 bits per heavy atom. The van der Waals surface area contributed by atoms with Crippen molar-refractivity contribution in [1.82, 2.24) is 9.97 Å². The zero-order valence-corrected chi connectivity index (χ0v) is 38.2. The highest BCUT2D eigenvalue weighted by Crippen LogP contribution is 2.51. The van der Waals surface area contributed by atoms with Crippen LogP contribution < -0.4 is 46.6 Å².